The van der Waals surface area contributed by atoms with Crippen LogP contribution in [0.25, 0.3) is 11.0 Å². The first-order valence-corrected chi connectivity index (χ1v) is 9.83. The van der Waals surface area contributed by atoms with Crippen molar-refractivity contribution in [1.29, 1.82) is 0 Å². The fourth-order valence-corrected chi connectivity index (χ4v) is 4.57. The molecule has 3 rings (SSSR count). The third kappa shape index (κ3) is 4.73. The van der Waals surface area contributed by atoms with Gasteiger partial charge in [-0.05, 0) is 59.2 Å². The van der Waals surface area contributed by atoms with Crippen molar-refractivity contribution in [3.8, 4) is 5.75 Å². The van der Waals surface area contributed by atoms with Crippen molar-refractivity contribution in [3.05, 3.63) is 40.2 Å². The molecule has 0 saturated carbocycles. The molecule has 1 aliphatic rings. The molecule has 28 heavy (non-hydrogen) atoms. The Balaban J connectivity index is 1.69. The fraction of sp³-hybridized carbons (Fsp3) is 0.545. The van der Waals surface area contributed by atoms with E-state index in [0.717, 1.165) is 23.8 Å². The molecular formula is C22H31N2O4+. The molecule has 152 valence electrons. The van der Waals surface area contributed by atoms with E-state index in [9.17, 15) is 9.59 Å². The van der Waals surface area contributed by atoms with Crippen molar-refractivity contribution in [2.75, 3.05) is 0 Å². The van der Waals surface area contributed by atoms with Gasteiger partial charge in [-0.3, -0.25) is 4.79 Å². The maximum atomic E-state index is 12.7. The van der Waals surface area contributed by atoms with E-state index in [-0.39, 0.29) is 23.0 Å². The predicted octanol–water partition coefficient (Wildman–Crippen LogP) is 2.27. The third-order valence-electron chi connectivity index (χ3n) is 5.28. The van der Waals surface area contributed by atoms with Gasteiger partial charge in [-0.25, -0.2) is 4.79 Å². The second-order valence-corrected chi connectivity index (χ2v) is 9.40. The minimum Gasteiger partial charge on any atom is -0.481 e. The highest BCUT2D eigenvalue weighted by Crippen LogP contribution is 2.24. The summed E-state index contributed by atoms with van der Waals surface area (Å²) >= 11 is 0. The summed E-state index contributed by atoms with van der Waals surface area (Å²) in [7, 11) is 0. The molecule has 2 aromatic rings. The lowest BCUT2D eigenvalue weighted by atomic mass is 9.79. The van der Waals surface area contributed by atoms with Gasteiger partial charge >= 0.3 is 5.63 Å². The van der Waals surface area contributed by atoms with Crippen LogP contribution in [0.15, 0.2) is 33.5 Å². The zero-order valence-corrected chi connectivity index (χ0v) is 17.6. The summed E-state index contributed by atoms with van der Waals surface area (Å²) in [4.78, 5) is 24.3. The number of benzene rings is 1. The van der Waals surface area contributed by atoms with E-state index in [1.807, 2.05) is 13.0 Å². The first kappa shape index (κ1) is 20.4. The first-order chi connectivity index (χ1) is 12.9. The monoisotopic (exact) mass is 387 g/mol. The van der Waals surface area contributed by atoms with Crippen molar-refractivity contribution in [2.24, 2.45) is 0 Å². The number of hydrogen-bond donors (Lipinski definition) is 2. The Kier molecular flexibility index (Phi) is 5.28. The van der Waals surface area contributed by atoms with Crippen LogP contribution in [0.5, 0.6) is 5.75 Å². The number of nitrogens with one attached hydrogen (secondary N) is 1. The number of quaternary nitrogens is 1. The van der Waals surface area contributed by atoms with E-state index >= 15 is 0 Å². The van der Waals surface area contributed by atoms with Crippen molar-refractivity contribution in [2.45, 2.75) is 77.6 Å². The number of nitrogens with two attached hydrogens (primary N) is 1. The Bertz CT molecular complexity index is 929. The van der Waals surface area contributed by atoms with E-state index in [2.05, 4.69) is 38.3 Å². The van der Waals surface area contributed by atoms with Crippen LogP contribution in [0.1, 0.15) is 53.0 Å². The van der Waals surface area contributed by atoms with Gasteiger partial charge in [0.25, 0.3) is 5.91 Å². The van der Waals surface area contributed by atoms with Crippen LogP contribution in [-0.4, -0.2) is 29.1 Å². The number of rotatable bonds is 4. The van der Waals surface area contributed by atoms with Gasteiger partial charge in [0.15, 0.2) is 6.10 Å². The van der Waals surface area contributed by atoms with E-state index in [0.29, 0.717) is 11.3 Å². The van der Waals surface area contributed by atoms with Crippen LogP contribution in [0, 0.1) is 6.92 Å². The molecule has 1 fully saturated rings. The average Bonchev–Trinajstić information content (AvgIpc) is 2.51. The normalized spacial score (nSPS) is 19.9. The highest BCUT2D eigenvalue weighted by molar-refractivity contribution is 5.83. The Morgan fingerprint density at radius 3 is 2.50 bits per heavy atom. The van der Waals surface area contributed by atoms with Crippen LogP contribution in [0.3, 0.4) is 0 Å². The molecule has 0 aliphatic carbocycles. The van der Waals surface area contributed by atoms with Crippen LogP contribution in [0.4, 0.5) is 0 Å². The lowest BCUT2D eigenvalue weighted by Gasteiger charge is -2.43. The van der Waals surface area contributed by atoms with Crippen molar-refractivity contribution < 1.29 is 19.3 Å². The van der Waals surface area contributed by atoms with Crippen LogP contribution < -0.4 is 21.0 Å². The summed E-state index contributed by atoms with van der Waals surface area (Å²) in [6.07, 6.45) is 1.18. The largest absolute Gasteiger partial charge is 0.481 e. The van der Waals surface area contributed by atoms with Gasteiger partial charge in [-0.1, -0.05) is 0 Å². The smallest absolute Gasteiger partial charge is 0.336 e. The summed E-state index contributed by atoms with van der Waals surface area (Å²) in [6.45, 7) is 12.4. The zero-order valence-electron chi connectivity index (χ0n) is 17.6. The van der Waals surface area contributed by atoms with Crippen LogP contribution in [0.2, 0.25) is 0 Å². The maximum absolute atomic E-state index is 12.7. The number of aryl methyl sites for hydroxylation is 1. The molecular weight excluding hydrogens is 356 g/mol. The lowest BCUT2D eigenvalue weighted by Crippen LogP contribution is -3.06. The standard InChI is InChI=1S/C22H30N2O4/c1-13-9-19(25)28-18-10-16(7-8-17(13)18)27-14(2)20(26)23-15-11-21(3,4)24-22(5,6)12-15/h7-10,14-15,24H,11-12H2,1-6H3,(H,23,26)/p+1/t14-/m0/s1. The quantitative estimate of drug-likeness (QED) is 0.788. The molecule has 1 aromatic carbocycles. The fourth-order valence-electron chi connectivity index (χ4n) is 4.57. The molecule has 0 radical (unpaired) electrons. The number of carbonyl (C=O) groups is 1. The molecule has 1 amide bonds. The first-order valence-electron chi connectivity index (χ1n) is 9.83. The number of carbonyl (C=O) groups excluding carboxylic acids is 1. The molecule has 0 spiro atoms. The highest BCUT2D eigenvalue weighted by Gasteiger charge is 2.42. The third-order valence-corrected chi connectivity index (χ3v) is 5.28. The van der Waals surface area contributed by atoms with E-state index in [1.165, 1.54) is 6.07 Å². The summed E-state index contributed by atoms with van der Waals surface area (Å²) < 4.78 is 11.1. The van der Waals surface area contributed by atoms with E-state index < -0.39 is 11.7 Å². The van der Waals surface area contributed by atoms with Gasteiger partial charge in [0.1, 0.15) is 11.3 Å². The summed E-state index contributed by atoms with van der Waals surface area (Å²) in [6, 6.07) is 6.88. The number of piperidine rings is 1. The van der Waals surface area contributed by atoms with E-state index in [4.69, 9.17) is 9.15 Å². The summed E-state index contributed by atoms with van der Waals surface area (Å²) in [5.41, 5.74) is 1.08. The highest BCUT2D eigenvalue weighted by atomic mass is 16.5. The molecule has 3 N–H and O–H groups in total. The van der Waals surface area contributed by atoms with E-state index in [1.54, 1.807) is 19.1 Å². The molecule has 0 unspecified atom stereocenters. The van der Waals surface area contributed by atoms with Gasteiger partial charge < -0.3 is 19.8 Å². The lowest BCUT2D eigenvalue weighted by molar-refractivity contribution is -0.787. The molecule has 0 bridgehead atoms. The Hall–Kier alpha value is -2.34. The van der Waals surface area contributed by atoms with Crippen molar-refractivity contribution in [1.82, 2.24) is 5.32 Å². The second kappa shape index (κ2) is 7.24. The molecule has 6 heteroatoms. The Labute approximate surface area is 165 Å². The number of hydrogen-bond acceptors (Lipinski definition) is 4. The zero-order chi connectivity index (χ0) is 20.7. The summed E-state index contributed by atoms with van der Waals surface area (Å²) in [5.74, 6) is 0.367. The van der Waals surface area contributed by atoms with Gasteiger partial charge in [0, 0.05) is 36.4 Å². The minimum atomic E-state index is -0.647. The van der Waals surface area contributed by atoms with Gasteiger partial charge in [0.05, 0.1) is 11.1 Å². The second-order valence-electron chi connectivity index (χ2n) is 9.40. The molecule has 1 atom stereocenters. The topological polar surface area (TPSA) is 85.1 Å². The van der Waals surface area contributed by atoms with Gasteiger partial charge in [0.2, 0.25) is 0 Å². The van der Waals surface area contributed by atoms with Crippen LogP contribution >= 0.6 is 0 Å². The van der Waals surface area contributed by atoms with Crippen LogP contribution in [-0.2, 0) is 4.79 Å². The Morgan fingerprint density at radius 2 is 1.86 bits per heavy atom. The van der Waals surface area contributed by atoms with Gasteiger partial charge in [-0.15, -0.1) is 0 Å². The molecule has 1 aliphatic heterocycles. The minimum absolute atomic E-state index is 0.0809. The molecule has 2 heterocycles. The van der Waals surface area contributed by atoms with Crippen molar-refractivity contribution in [3.63, 3.8) is 0 Å². The SMILES string of the molecule is Cc1cc(=O)oc2cc(O[C@@H](C)C(=O)NC3CC(C)(C)[NH2+]C(C)(C)C3)ccc12. The van der Waals surface area contributed by atoms with Gasteiger partial charge in [-0.2, -0.15) is 0 Å². The molecule has 1 saturated heterocycles. The number of amides is 1. The maximum Gasteiger partial charge on any atom is 0.336 e. The van der Waals surface area contributed by atoms with Crippen molar-refractivity contribution >= 4 is 16.9 Å². The predicted molar refractivity (Wildman–Crippen MR) is 109 cm³/mol. The molecule has 1 aromatic heterocycles. The number of ether oxygens (including phenoxy) is 1. The Morgan fingerprint density at radius 1 is 1.21 bits per heavy atom. The average molecular weight is 388 g/mol. The summed E-state index contributed by atoms with van der Waals surface area (Å²) in [5, 5.41) is 6.38. The molecule has 6 nitrogen and oxygen atoms in total. The number of fused-ring (bicyclic) bond motifs is 1.